The second-order valence-electron chi connectivity index (χ2n) is 5.85. The Bertz CT molecular complexity index is 682. The standard InChI is InChI=1S/C18H20N4O/c1-14-11-12-22(13-14)18(23)19-15-7-9-17(10-8-15)21-20-16-5-3-2-4-6-16/h2-10,14H,11-13H2,1H3,(H,19,23). The fraction of sp³-hybridized carbons (Fsp3) is 0.278. The number of carbonyl (C=O) groups is 1. The van der Waals surface area contributed by atoms with Crippen LogP contribution in [0.15, 0.2) is 64.8 Å². The molecule has 0 saturated carbocycles. The molecule has 1 fully saturated rings. The van der Waals surface area contributed by atoms with Gasteiger partial charge in [-0.05, 0) is 48.7 Å². The molecule has 0 spiro atoms. The van der Waals surface area contributed by atoms with Gasteiger partial charge < -0.3 is 10.2 Å². The average Bonchev–Trinajstić information content (AvgIpc) is 3.02. The number of hydrogen-bond acceptors (Lipinski definition) is 3. The Hall–Kier alpha value is -2.69. The quantitative estimate of drug-likeness (QED) is 0.799. The fourth-order valence-corrected chi connectivity index (χ4v) is 2.54. The molecular weight excluding hydrogens is 288 g/mol. The molecule has 3 rings (SSSR count). The lowest BCUT2D eigenvalue weighted by molar-refractivity contribution is 0.221. The van der Waals surface area contributed by atoms with Crippen LogP contribution in [0, 0.1) is 5.92 Å². The minimum Gasteiger partial charge on any atom is -0.324 e. The van der Waals surface area contributed by atoms with Gasteiger partial charge in [-0.2, -0.15) is 10.2 Å². The van der Waals surface area contributed by atoms with Crippen LogP contribution < -0.4 is 5.32 Å². The van der Waals surface area contributed by atoms with Crippen molar-refractivity contribution in [3.8, 4) is 0 Å². The molecule has 1 heterocycles. The monoisotopic (exact) mass is 308 g/mol. The van der Waals surface area contributed by atoms with Gasteiger partial charge in [0.05, 0.1) is 11.4 Å². The van der Waals surface area contributed by atoms with E-state index in [0.717, 1.165) is 36.6 Å². The third-order valence-corrected chi connectivity index (χ3v) is 3.87. The third-order valence-electron chi connectivity index (χ3n) is 3.87. The van der Waals surface area contributed by atoms with E-state index in [0.29, 0.717) is 5.92 Å². The SMILES string of the molecule is CC1CCN(C(=O)Nc2ccc(N=Nc3ccccc3)cc2)C1. The smallest absolute Gasteiger partial charge is 0.321 e. The van der Waals surface area contributed by atoms with Crippen LogP contribution >= 0.6 is 0 Å². The van der Waals surface area contributed by atoms with E-state index in [1.165, 1.54) is 0 Å². The van der Waals surface area contributed by atoms with Crippen molar-refractivity contribution in [3.63, 3.8) is 0 Å². The highest BCUT2D eigenvalue weighted by atomic mass is 16.2. The molecule has 1 N–H and O–H groups in total. The summed E-state index contributed by atoms with van der Waals surface area (Å²) < 4.78 is 0. The van der Waals surface area contributed by atoms with Gasteiger partial charge in [-0.3, -0.25) is 0 Å². The molecule has 0 aromatic heterocycles. The van der Waals surface area contributed by atoms with Gasteiger partial charge in [0.15, 0.2) is 0 Å². The Labute approximate surface area is 136 Å². The third kappa shape index (κ3) is 4.16. The summed E-state index contributed by atoms with van der Waals surface area (Å²) in [6.45, 7) is 3.82. The zero-order valence-electron chi connectivity index (χ0n) is 13.1. The van der Waals surface area contributed by atoms with E-state index in [9.17, 15) is 4.79 Å². The van der Waals surface area contributed by atoms with Crippen molar-refractivity contribution in [1.82, 2.24) is 4.90 Å². The van der Waals surface area contributed by atoms with Crippen molar-refractivity contribution in [2.45, 2.75) is 13.3 Å². The summed E-state index contributed by atoms with van der Waals surface area (Å²) in [7, 11) is 0. The predicted molar refractivity (Wildman–Crippen MR) is 91.4 cm³/mol. The second-order valence-corrected chi connectivity index (χ2v) is 5.85. The summed E-state index contributed by atoms with van der Waals surface area (Å²) in [5.74, 6) is 0.585. The predicted octanol–water partition coefficient (Wildman–Crippen LogP) is 4.98. The maximum absolute atomic E-state index is 12.1. The zero-order chi connectivity index (χ0) is 16.1. The molecule has 118 valence electrons. The molecule has 1 unspecified atom stereocenters. The van der Waals surface area contributed by atoms with Crippen molar-refractivity contribution in [3.05, 3.63) is 54.6 Å². The average molecular weight is 308 g/mol. The molecule has 1 aliphatic heterocycles. The van der Waals surface area contributed by atoms with Gasteiger partial charge >= 0.3 is 6.03 Å². The first-order valence-corrected chi connectivity index (χ1v) is 7.83. The van der Waals surface area contributed by atoms with Crippen LogP contribution in [0.25, 0.3) is 0 Å². The van der Waals surface area contributed by atoms with Crippen molar-refractivity contribution < 1.29 is 4.79 Å². The number of benzene rings is 2. The Morgan fingerprint density at radius 2 is 1.70 bits per heavy atom. The highest BCUT2D eigenvalue weighted by Crippen LogP contribution is 2.21. The molecule has 1 atom stereocenters. The molecule has 2 amide bonds. The van der Waals surface area contributed by atoms with Crippen molar-refractivity contribution in [2.24, 2.45) is 16.1 Å². The number of anilines is 1. The van der Waals surface area contributed by atoms with E-state index in [1.807, 2.05) is 59.5 Å². The molecular formula is C18H20N4O. The summed E-state index contributed by atoms with van der Waals surface area (Å²) in [4.78, 5) is 14.0. The number of carbonyl (C=O) groups excluding carboxylic acids is 1. The number of azo groups is 1. The zero-order valence-corrected chi connectivity index (χ0v) is 13.1. The Kier molecular flexibility index (Phi) is 4.66. The minimum atomic E-state index is -0.0342. The van der Waals surface area contributed by atoms with Crippen LogP contribution in [-0.4, -0.2) is 24.0 Å². The van der Waals surface area contributed by atoms with Crippen LogP contribution in [0.4, 0.5) is 21.9 Å². The molecule has 1 aliphatic rings. The molecule has 0 aliphatic carbocycles. The molecule has 2 aromatic carbocycles. The lowest BCUT2D eigenvalue weighted by Gasteiger charge is -2.16. The number of hydrogen-bond donors (Lipinski definition) is 1. The first-order chi connectivity index (χ1) is 11.2. The van der Waals surface area contributed by atoms with E-state index in [-0.39, 0.29) is 6.03 Å². The van der Waals surface area contributed by atoms with Gasteiger partial charge in [-0.25, -0.2) is 4.79 Å². The molecule has 5 heteroatoms. The van der Waals surface area contributed by atoms with E-state index < -0.39 is 0 Å². The summed E-state index contributed by atoms with van der Waals surface area (Å²) in [6, 6.07) is 16.9. The Morgan fingerprint density at radius 3 is 2.30 bits per heavy atom. The van der Waals surface area contributed by atoms with Crippen LogP contribution in [0.3, 0.4) is 0 Å². The topological polar surface area (TPSA) is 57.1 Å². The van der Waals surface area contributed by atoms with Gasteiger partial charge in [0.1, 0.15) is 0 Å². The lowest BCUT2D eigenvalue weighted by Crippen LogP contribution is -2.32. The second kappa shape index (κ2) is 7.05. The molecule has 23 heavy (non-hydrogen) atoms. The number of likely N-dealkylation sites (tertiary alicyclic amines) is 1. The highest BCUT2D eigenvalue weighted by Gasteiger charge is 2.22. The van der Waals surface area contributed by atoms with Gasteiger partial charge in [0.25, 0.3) is 0 Å². The molecule has 0 radical (unpaired) electrons. The van der Waals surface area contributed by atoms with Gasteiger partial charge in [0, 0.05) is 18.8 Å². The Morgan fingerprint density at radius 1 is 1.04 bits per heavy atom. The summed E-state index contributed by atoms with van der Waals surface area (Å²) >= 11 is 0. The van der Waals surface area contributed by atoms with Crippen LogP contribution in [0.2, 0.25) is 0 Å². The van der Waals surface area contributed by atoms with E-state index in [1.54, 1.807) is 0 Å². The lowest BCUT2D eigenvalue weighted by atomic mass is 10.2. The van der Waals surface area contributed by atoms with Gasteiger partial charge in [0.2, 0.25) is 0 Å². The number of nitrogens with zero attached hydrogens (tertiary/aromatic N) is 3. The summed E-state index contributed by atoms with van der Waals surface area (Å²) in [5, 5.41) is 11.3. The minimum absolute atomic E-state index is 0.0342. The fourth-order valence-electron chi connectivity index (χ4n) is 2.54. The first-order valence-electron chi connectivity index (χ1n) is 7.83. The molecule has 2 aromatic rings. The van der Waals surface area contributed by atoms with Crippen LogP contribution in [-0.2, 0) is 0 Å². The number of nitrogens with one attached hydrogen (secondary N) is 1. The maximum atomic E-state index is 12.1. The van der Waals surface area contributed by atoms with Gasteiger partial charge in [-0.1, -0.05) is 25.1 Å². The summed E-state index contributed by atoms with van der Waals surface area (Å²) in [5.41, 5.74) is 2.34. The normalized spacial score (nSPS) is 17.6. The first kappa shape index (κ1) is 15.2. The maximum Gasteiger partial charge on any atom is 0.321 e. The highest BCUT2D eigenvalue weighted by molar-refractivity contribution is 5.89. The van der Waals surface area contributed by atoms with Crippen molar-refractivity contribution in [1.29, 1.82) is 0 Å². The van der Waals surface area contributed by atoms with E-state index in [4.69, 9.17) is 0 Å². The Balaban J connectivity index is 1.59. The number of urea groups is 1. The van der Waals surface area contributed by atoms with Crippen LogP contribution in [0.1, 0.15) is 13.3 Å². The number of rotatable bonds is 3. The van der Waals surface area contributed by atoms with Crippen LogP contribution in [0.5, 0.6) is 0 Å². The van der Waals surface area contributed by atoms with Crippen molar-refractivity contribution in [2.75, 3.05) is 18.4 Å². The van der Waals surface area contributed by atoms with Gasteiger partial charge in [-0.15, -0.1) is 0 Å². The molecule has 1 saturated heterocycles. The molecule has 0 bridgehead atoms. The number of amides is 2. The van der Waals surface area contributed by atoms with E-state index in [2.05, 4.69) is 22.5 Å². The molecule has 5 nitrogen and oxygen atoms in total. The summed E-state index contributed by atoms with van der Waals surface area (Å²) in [6.07, 6.45) is 1.08. The van der Waals surface area contributed by atoms with Crippen molar-refractivity contribution >= 4 is 23.1 Å². The van der Waals surface area contributed by atoms with E-state index >= 15 is 0 Å². The largest absolute Gasteiger partial charge is 0.324 e.